The molecular formula is C29H33N5O. The van der Waals surface area contributed by atoms with E-state index in [0.717, 1.165) is 54.0 Å². The van der Waals surface area contributed by atoms with Crippen LogP contribution in [0.2, 0.25) is 0 Å². The van der Waals surface area contributed by atoms with Gasteiger partial charge in [0.25, 0.3) is 0 Å². The number of amides is 1. The van der Waals surface area contributed by atoms with Crippen molar-refractivity contribution in [2.45, 2.75) is 46.6 Å². The van der Waals surface area contributed by atoms with Crippen LogP contribution in [0.4, 0.5) is 5.82 Å². The summed E-state index contributed by atoms with van der Waals surface area (Å²) in [6.07, 6.45) is 6.57. The molecule has 1 N–H and O–H groups in total. The van der Waals surface area contributed by atoms with E-state index in [1.807, 2.05) is 10.7 Å². The summed E-state index contributed by atoms with van der Waals surface area (Å²) in [5.41, 5.74) is 7.98. The summed E-state index contributed by atoms with van der Waals surface area (Å²) in [5.74, 6) is 0.955. The Hall–Kier alpha value is -3.67. The summed E-state index contributed by atoms with van der Waals surface area (Å²) in [7, 11) is 0. The zero-order valence-corrected chi connectivity index (χ0v) is 20.8. The van der Waals surface area contributed by atoms with Gasteiger partial charge in [0.2, 0.25) is 5.91 Å². The van der Waals surface area contributed by atoms with Crippen molar-refractivity contribution in [3.8, 4) is 11.3 Å². The number of carbonyl (C=O) groups is 1. The van der Waals surface area contributed by atoms with Gasteiger partial charge in [-0.2, -0.15) is 5.10 Å². The Balaban J connectivity index is 1.31. The van der Waals surface area contributed by atoms with Crippen molar-refractivity contribution in [3.05, 3.63) is 83.2 Å². The molecule has 1 amide bonds. The van der Waals surface area contributed by atoms with Crippen molar-refractivity contribution in [1.82, 2.24) is 19.9 Å². The number of carbonyl (C=O) groups excluding carboxylic acids is 1. The highest BCUT2D eigenvalue weighted by Gasteiger charge is 2.27. The van der Waals surface area contributed by atoms with Crippen LogP contribution in [0.15, 0.2) is 60.9 Å². The molecule has 1 atom stereocenters. The lowest BCUT2D eigenvalue weighted by molar-refractivity contribution is -0.125. The first-order valence-electron chi connectivity index (χ1n) is 12.5. The van der Waals surface area contributed by atoms with Crippen LogP contribution in [0.5, 0.6) is 0 Å². The molecule has 1 saturated heterocycles. The first kappa shape index (κ1) is 23.1. The number of fused-ring (bicyclic) bond motifs is 1. The largest absolute Gasteiger partial charge is 0.354 e. The third-order valence-electron chi connectivity index (χ3n) is 7.16. The monoisotopic (exact) mass is 467 g/mol. The fourth-order valence-corrected chi connectivity index (χ4v) is 4.80. The molecule has 35 heavy (non-hydrogen) atoms. The number of rotatable bonds is 6. The molecule has 1 fully saturated rings. The first-order chi connectivity index (χ1) is 17.0. The number of nitrogens with one attached hydrogen (secondary N) is 1. The molecule has 2 aromatic carbocycles. The lowest BCUT2D eigenvalue weighted by atomic mass is 9.97. The fourth-order valence-electron chi connectivity index (χ4n) is 4.80. The van der Waals surface area contributed by atoms with E-state index in [1.165, 1.54) is 16.7 Å². The van der Waals surface area contributed by atoms with Crippen LogP contribution in [-0.4, -0.2) is 33.6 Å². The molecule has 1 aliphatic rings. The highest BCUT2D eigenvalue weighted by molar-refractivity contribution is 5.81. The summed E-state index contributed by atoms with van der Waals surface area (Å²) in [6.45, 7) is 8.51. The van der Waals surface area contributed by atoms with Gasteiger partial charge in [0.15, 0.2) is 5.82 Å². The average molecular weight is 468 g/mol. The van der Waals surface area contributed by atoms with E-state index in [1.54, 1.807) is 6.20 Å². The Morgan fingerprint density at radius 3 is 2.63 bits per heavy atom. The van der Waals surface area contributed by atoms with Gasteiger partial charge >= 0.3 is 0 Å². The lowest BCUT2D eigenvalue weighted by Gasteiger charge is -2.33. The van der Waals surface area contributed by atoms with Gasteiger partial charge in [0.05, 0.1) is 11.6 Å². The zero-order valence-electron chi connectivity index (χ0n) is 20.8. The van der Waals surface area contributed by atoms with E-state index >= 15 is 0 Å². The number of piperidine rings is 1. The van der Waals surface area contributed by atoms with Gasteiger partial charge in [-0.25, -0.2) is 9.50 Å². The van der Waals surface area contributed by atoms with Crippen LogP contribution in [-0.2, 0) is 17.8 Å². The van der Waals surface area contributed by atoms with Crippen molar-refractivity contribution in [1.29, 1.82) is 0 Å². The molecule has 0 saturated carbocycles. The van der Waals surface area contributed by atoms with Gasteiger partial charge in [-0.05, 0) is 67.5 Å². The summed E-state index contributed by atoms with van der Waals surface area (Å²) >= 11 is 0. The van der Waals surface area contributed by atoms with Crippen LogP contribution < -0.4 is 10.2 Å². The Labute approximate surface area is 207 Å². The molecule has 1 aliphatic heterocycles. The summed E-state index contributed by atoms with van der Waals surface area (Å²) in [5, 5.41) is 7.96. The van der Waals surface area contributed by atoms with Gasteiger partial charge in [0.1, 0.15) is 5.52 Å². The quantitative estimate of drug-likeness (QED) is 0.428. The van der Waals surface area contributed by atoms with Crippen LogP contribution in [0.1, 0.15) is 42.0 Å². The van der Waals surface area contributed by atoms with Gasteiger partial charge in [-0.15, -0.1) is 0 Å². The molecular weight excluding hydrogens is 434 g/mol. The normalized spacial score (nSPS) is 16.0. The third-order valence-corrected chi connectivity index (χ3v) is 7.16. The van der Waals surface area contributed by atoms with Gasteiger partial charge < -0.3 is 10.2 Å². The van der Waals surface area contributed by atoms with Crippen molar-refractivity contribution < 1.29 is 4.79 Å². The molecule has 180 valence electrons. The Bertz CT molecular complexity index is 1340. The molecule has 3 heterocycles. The Kier molecular flexibility index (Phi) is 6.53. The fraction of sp³-hybridized carbons (Fsp3) is 0.345. The van der Waals surface area contributed by atoms with Crippen molar-refractivity contribution in [3.63, 3.8) is 0 Å². The molecule has 0 bridgehead atoms. The number of benzene rings is 2. The minimum Gasteiger partial charge on any atom is -0.354 e. The minimum absolute atomic E-state index is 0.0529. The second kappa shape index (κ2) is 9.90. The van der Waals surface area contributed by atoms with Gasteiger partial charge in [0, 0.05) is 37.6 Å². The highest BCUT2D eigenvalue weighted by Crippen LogP contribution is 2.29. The van der Waals surface area contributed by atoms with Crippen LogP contribution >= 0.6 is 0 Å². The maximum Gasteiger partial charge on any atom is 0.225 e. The molecule has 5 rings (SSSR count). The molecule has 0 radical (unpaired) electrons. The average Bonchev–Trinajstić information content (AvgIpc) is 3.34. The molecule has 4 aromatic rings. The van der Waals surface area contributed by atoms with Gasteiger partial charge in [-0.3, -0.25) is 4.79 Å². The molecule has 6 heteroatoms. The molecule has 6 nitrogen and oxygen atoms in total. The Morgan fingerprint density at radius 1 is 1.06 bits per heavy atom. The minimum atomic E-state index is -0.0529. The number of aromatic nitrogens is 3. The Morgan fingerprint density at radius 2 is 1.86 bits per heavy atom. The number of anilines is 1. The molecule has 0 aliphatic carbocycles. The second-order valence-corrected chi connectivity index (χ2v) is 9.58. The van der Waals surface area contributed by atoms with Crippen molar-refractivity contribution >= 4 is 17.2 Å². The summed E-state index contributed by atoms with van der Waals surface area (Å²) in [4.78, 5) is 20.0. The predicted octanol–water partition coefficient (Wildman–Crippen LogP) is 5.11. The number of aryl methyl sites for hydroxylation is 3. The van der Waals surface area contributed by atoms with E-state index < -0.39 is 0 Å². The topological polar surface area (TPSA) is 62.5 Å². The van der Waals surface area contributed by atoms with Crippen LogP contribution in [0, 0.1) is 19.8 Å². The molecule has 0 spiro atoms. The van der Waals surface area contributed by atoms with E-state index in [-0.39, 0.29) is 11.8 Å². The SMILES string of the molecule is CCc1ccc(CNC(=O)[C@H]2CCCN(c3nccn4nc(-c5ccc(C)c(C)c5)cc34)C2)cc1. The van der Waals surface area contributed by atoms with Crippen LogP contribution in [0.3, 0.4) is 0 Å². The van der Waals surface area contributed by atoms with Crippen molar-refractivity contribution in [2.24, 2.45) is 5.92 Å². The third kappa shape index (κ3) is 4.92. The predicted molar refractivity (Wildman–Crippen MR) is 141 cm³/mol. The van der Waals surface area contributed by atoms with E-state index in [0.29, 0.717) is 13.1 Å². The summed E-state index contributed by atoms with van der Waals surface area (Å²) < 4.78 is 1.90. The smallest absolute Gasteiger partial charge is 0.225 e. The molecule has 0 unspecified atom stereocenters. The zero-order chi connectivity index (χ0) is 24.4. The van der Waals surface area contributed by atoms with E-state index in [2.05, 4.69) is 79.5 Å². The number of hydrogen-bond acceptors (Lipinski definition) is 4. The van der Waals surface area contributed by atoms with E-state index in [9.17, 15) is 4.79 Å². The second-order valence-electron chi connectivity index (χ2n) is 9.58. The number of nitrogens with zero attached hydrogens (tertiary/aromatic N) is 4. The van der Waals surface area contributed by atoms with Crippen molar-refractivity contribution in [2.75, 3.05) is 18.0 Å². The maximum absolute atomic E-state index is 13.0. The molecule has 2 aromatic heterocycles. The maximum atomic E-state index is 13.0. The highest BCUT2D eigenvalue weighted by atomic mass is 16.1. The summed E-state index contributed by atoms with van der Waals surface area (Å²) in [6, 6.07) is 17.0. The van der Waals surface area contributed by atoms with Crippen LogP contribution in [0.25, 0.3) is 16.8 Å². The first-order valence-corrected chi connectivity index (χ1v) is 12.5. The lowest BCUT2D eigenvalue weighted by Crippen LogP contribution is -2.43. The van der Waals surface area contributed by atoms with Gasteiger partial charge in [-0.1, -0.05) is 43.3 Å². The standard InChI is InChI=1S/C29H33N5O/c1-4-22-8-10-23(11-9-22)18-31-29(35)25-6-5-14-33(19-25)28-27-17-26(32-34(27)15-13-30-28)24-12-7-20(2)21(3)16-24/h7-13,15-17,25H,4-6,14,18-19H2,1-3H3,(H,31,35)/t25-/m0/s1. The van der Waals surface area contributed by atoms with E-state index in [4.69, 9.17) is 10.1 Å². The number of hydrogen-bond donors (Lipinski definition) is 1.